The molecular formula is C58H99NO5. The molecule has 0 aliphatic carbocycles. The molecule has 0 spiro atoms. The van der Waals surface area contributed by atoms with E-state index in [-0.39, 0.29) is 24.9 Å². The number of allylic oxidation sites excluding steroid dienone is 16. The van der Waals surface area contributed by atoms with E-state index < -0.39 is 18.2 Å². The number of aliphatic hydroxyl groups is 2. The third-order valence-corrected chi connectivity index (χ3v) is 11.4. The van der Waals surface area contributed by atoms with Crippen molar-refractivity contribution in [1.82, 2.24) is 5.32 Å². The van der Waals surface area contributed by atoms with Crippen LogP contribution < -0.4 is 5.32 Å². The number of rotatable bonds is 46. The third-order valence-electron chi connectivity index (χ3n) is 11.4. The van der Waals surface area contributed by atoms with Crippen molar-refractivity contribution in [3.63, 3.8) is 0 Å². The lowest BCUT2D eigenvalue weighted by molar-refractivity contribution is -0.151. The van der Waals surface area contributed by atoms with Crippen molar-refractivity contribution in [2.45, 2.75) is 251 Å². The average Bonchev–Trinajstić information content (AvgIpc) is 3.29. The van der Waals surface area contributed by atoms with E-state index in [0.717, 1.165) is 116 Å². The summed E-state index contributed by atoms with van der Waals surface area (Å²) in [6.45, 7) is 6.23. The van der Waals surface area contributed by atoms with Crippen molar-refractivity contribution in [3.05, 3.63) is 97.2 Å². The van der Waals surface area contributed by atoms with Gasteiger partial charge in [0.1, 0.15) is 6.10 Å². The first-order valence-electron chi connectivity index (χ1n) is 26.5. The fourth-order valence-corrected chi connectivity index (χ4v) is 7.47. The molecule has 0 heterocycles. The van der Waals surface area contributed by atoms with Crippen LogP contribution in [0.4, 0.5) is 0 Å². The maximum absolute atomic E-state index is 13.2. The van der Waals surface area contributed by atoms with Gasteiger partial charge in [-0.05, 0) is 103 Å². The molecule has 6 heteroatoms. The van der Waals surface area contributed by atoms with E-state index in [1.807, 2.05) is 0 Å². The van der Waals surface area contributed by atoms with Crippen molar-refractivity contribution in [3.8, 4) is 0 Å². The van der Waals surface area contributed by atoms with E-state index in [1.165, 1.54) is 70.6 Å². The predicted octanol–water partition coefficient (Wildman–Crippen LogP) is 16.1. The largest absolute Gasteiger partial charge is 0.462 e. The second-order valence-corrected chi connectivity index (χ2v) is 17.5. The molecule has 0 aliphatic rings. The summed E-state index contributed by atoms with van der Waals surface area (Å²) in [4.78, 5) is 26.2. The zero-order chi connectivity index (χ0) is 46.7. The topological polar surface area (TPSA) is 95.9 Å². The highest BCUT2D eigenvalue weighted by molar-refractivity contribution is 5.77. The zero-order valence-electron chi connectivity index (χ0n) is 41.6. The minimum atomic E-state index is -0.809. The summed E-state index contributed by atoms with van der Waals surface area (Å²) in [5.74, 6) is -0.556. The molecule has 0 saturated heterocycles. The Morgan fingerprint density at radius 3 is 1.28 bits per heavy atom. The highest BCUT2D eigenvalue weighted by Crippen LogP contribution is 2.17. The molecule has 0 bridgehead atoms. The SMILES string of the molecule is CC/C=C\C/C=C\C/C=C\C/C=C\C/C=C\CCCCCC(=O)OC(CCCC/C=C/C/C=C/C/C=C/CC)CC(=O)NC(CO)C(O)CCCCCCCCCCCCCCCC. The molecule has 0 saturated carbocycles. The Hall–Kier alpha value is -3.22. The van der Waals surface area contributed by atoms with E-state index >= 15 is 0 Å². The van der Waals surface area contributed by atoms with Crippen molar-refractivity contribution in [2.75, 3.05) is 6.61 Å². The minimum Gasteiger partial charge on any atom is -0.462 e. The van der Waals surface area contributed by atoms with Gasteiger partial charge in [-0.2, -0.15) is 0 Å². The van der Waals surface area contributed by atoms with Gasteiger partial charge >= 0.3 is 5.97 Å². The molecule has 1 amide bonds. The second kappa shape index (κ2) is 50.8. The lowest BCUT2D eigenvalue weighted by Gasteiger charge is -2.24. The smallest absolute Gasteiger partial charge is 0.306 e. The van der Waals surface area contributed by atoms with Crippen LogP contribution in [0.5, 0.6) is 0 Å². The van der Waals surface area contributed by atoms with Crippen LogP contribution in [-0.4, -0.2) is 46.9 Å². The highest BCUT2D eigenvalue weighted by Gasteiger charge is 2.24. The molecule has 6 nitrogen and oxygen atoms in total. The molecule has 366 valence electrons. The van der Waals surface area contributed by atoms with Crippen molar-refractivity contribution in [2.24, 2.45) is 0 Å². The first-order valence-corrected chi connectivity index (χ1v) is 26.5. The molecule has 0 rings (SSSR count). The van der Waals surface area contributed by atoms with Crippen LogP contribution in [0, 0.1) is 0 Å². The van der Waals surface area contributed by atoms with Crippen LogP contribution in [0.2, 0.25) is 0 Å². The quantitative estimate of drug-likeness (QED) is 0.0321. The number of hydrogen-bond donors (Lipinski definition) is 3. The van der Waals surface area contributed by atoms with E-state index in [4.69, 9.17) is 4.74 Å². The number of nitrogens with one attached hydrogen (secondary N) is 1. The van der Waals surface area contributed by atoms with Gasteiger partial charge in [-0.3, -0.25) is 9.59 Å². The average molecular weight is 890 g/mol. The Balaban J connectivity index is 4.65. The fourth-order valence-electron chi connectivity index (χ4n) is 7.47. The van der Waals surface area contributed by atoms with Crippen LogP contribution >= 0.6 is 0 Å². The summed E-state index contributed by atoms with van der Waals surface area (Å²) in [5.41, 5.74) is 0. The Kier molecular flexibility index (Phi) is 48.2. The maximum Gasteiger partial charge on any atom is 0.306 e. The van der Waals surface area contributed by atoms with Gasteiger partial charge in [0.2, 0.25) is 5.91 Å². The molecule has 64 heavy (non-hydrogen) atoms. The second-order valence-electron chi connectivity index (χ2n) is 17.5. The molecular weight excluding hydrogens is 791 g/mol. The first kappa shape index (κ1) is 60.8. The van der Waals surface area contributed by atoms with E-state index in [2.05, 4.69) is 123 Å². The van der Waals surface area contributed by atoms with Crippen molar-refractivity contribution in [1.29, 1.82) is 0 Å². The number of amides is 1. The number of esters is 1. The van der Waals surface area contributed by atoms with Crippen LogP contribution in [0.25, 0.3) is 0 Å². The van der Waals surface area contributed by atoms with E-state index in [9.17, 15) is 19.8 Å². The van der Waals surface area contributed by atoms with Crippen LogP contribution in [0.3, 0.4) is 0 Å². The number of carbonyl (C=O) groups is 2. The van der Waals surface area contributed by atoms with Crippen molar-refractivity contribution < 1.29 is 24.5 Å². The number of hydrogen-bond acceptors (Lipinski definition) is 5. The fraction of sp³-hybridized carbons (Fsp3) is 0.690. The maximum atomic E-state index is 13.2. The molecule has 0 aromatic rings. The number of unbranched alkanes of at least 4 members (excludes halogenated alkanes) is 18. The van der Waals surface area contributed by atoms with Gasteiger partial charge in [-0.1, -0.05) is 214 Å². The molecule has 0 fully saturated rings. The van der Waals surface area contributed by atoms with Gasteiger partial charge < -0.3 is 20.3 Å². The van der Waals surface area contributed by atoms with Gasteiger partial charge in [-0.25, -0.2) is 0 Å². The Bertz CT molecular complexity index is 1270. The lowest BCUT2D eigenvalue weighted by Crippen LogP contribution is -2.46. The van der Waals surface area contributed by atoms with Gasteiger partial charge in [0.25, 0.3) is 0 Å². The van der Waals surface area contributed by atoms with Gasteiger partial charge in [0, 0.05) is 6.42 Å². The summed E-state index contributed by atoms with van der Waals surface area (Å²) in [7, 11) is 0. The van der Waals surface area contributed by atoms with Crippen LogP contribution in [0.1, 0.15) is 233 Å². The minimum absolute atomic E-state index is 0.0327. The van der Waals surface area contributed by atoms with Gasteiger partial charge in [-0.15, -0.1) is 0 Å². The van der Waals surface area contributed by atoms with Crippen LogP contribution in [0.15, 0.2) is 97.2 Å². The Morgan fingerprint density at radius 1 is 0.469 bits per heavy atom. The number of aliphatic hydroxyl groups excluding tert-OH is 2. The summed E-state index contributed by atoms with van der Waals surface area (Å²) in [5, 5.41) is 23.8. The molecule has 0 aliphatic heterocycles. The monoisotopic (exact) mass is 890 g/mol. The summed E-state index contributed by atoms with van der Waals surface area (Å²) >= 11 is 0. The molecule has 3 unspecified atom stereocenters. The van der Waals surface area contributed by atoms with Crippen molar-refractivity contribution >= 4 is 11.9 Å². The Morgan fingerprint density at radius 2 is 0.844 bits per heavy atom. The summed E-state index contributed by atoms with van der Waals surface area (Å²) in [6.07, 6.45) is 67.6. The molecule has 3 N–H and O–H groups in total. The van der Waals surface area contributed by atoms with E-state index in [0.29, 0.717) is 19.3 Å². The summed E-state index contributed by atoms with van der Waals surface area (Å²) in [6, 6.07) is -0.726. The standard InChI is InChI=1S/C58H99NO5/c1-4-7-10-13-16-19-22-25-27-28-29-30-31-33-36-39-42-45-48-51-58(63)64-54(49-46-43-40-37-34-24-21-18-15-12-9-6-3)52-57(62)59-55(53-60)56(61)50-47-44-41-38-35-32-26-23-20-17-14-11-8-5-2/h7,9-10,12,16,18-19,21,25,27,29-30,33-34,36-37,54-56,60-61H,4-6,8,11,13-15,17,20,22-24,26,28,31-32,35,38-53H2,1-3H3,(H,59,62)/b10-7-,12-9+,19-16-,21-18+,27-25-,30-29-,36-33-,37-34+. The van der Waals surface area contributed by atoms with Crippen LogP contribution in [-0.2, 0) is 14.3 Å². The lowest BCUT2D eigenvalue weighted by atomic mass is 10.0. The molecule has 3 atom stereocenters. The number of carbonyl (C=O) groups excluding carboxylic acids is 2. The zero-order valence-corrected chi connectivity index (χ0v) is 41.6. The Labute approximate surface area is 395 Å². The van der Waals surface area contributed by atoms with Gasteiger partial charge in [0.15, 0.2) is 0 Å². The highest BCUT2D eigenvalue weighted by atomic mass is 16.5. The third kappa shape index (κ3) is 45.4. The predicted molar refractivity (Wildman–Crippen MR) is 277 cm³/mol. The normalized spacial score (nSPS) is 14.0. The molecule has 0 aromatic heterocycles. The molecule has 0 aromatic carbocycles. The first-order chi connectivity index (χ1) is 31.5. The summed E-state index contributed by atoms with van der Waals surface area (Å²) < 4.78 is 5.90. The van der Waals surface area contributed by atoms with Gasteiger partial charge in [0.05, 0.1) is 25.2 Å². The number of ether oxygens (including phenoxy) is 1. The van der Waals surface area contributed by atoms with E-state index in [1.54, 1.807) is 0 Å². The molecule has 0 radical (unpaired) electrons.